The number of carbonyl (C=O) groups excluding carboxylic acids is 4. The minimum Gasteiger partial charge on any atom is -0.458 e. The lowest BCUT2D eigenvalue weighted by Crippen LogP contribution is -2.70. The lowest BCUT2D eigenvalue weighted by Gasteiger charge is -2.62. The number of unbranched alkanes of at least 4 members (excludes halogenated alkanes) is 10. The molecule has 0 aromatic heterocycles. The lowest BCUT2D eigenvalue weighted by atomic mass is 9.44. The largest absolute Gasteiger partial charge is 0.458 e. The molecule has 1 saturated heterocycles. The van der Waals surface area contributed by atoms with Crippen molar-refractivity contribution in [1.82, 2.24) is 4.90 Å². The van der Waals surface area contributed by atoms with Gasteiger partial charge in [-0.25, -0.2) is 4.39 Å². The van der Waals surface area contributed by atoms with E-state index in [0.29, 0.717) is 64.1 Å². The number of esters is 2. The van der Waals surface area contributed by atoms with Crippen molar-refractivity contribution < 1.29 is 62.2 Å². The maximum absolute atomic E-state index is 17.8. The number of ketones is 2. The number of carbonyl (C=O) groups is 4. The number of Topliss-reactive ketones (excluding diaryl/α,β-unsaturated/α-hetero) is 1. The Balaban J connectivity index is 0.985. The number of fused-ring (bicyclic) bond motifs is 7. The molecule has 1 heterocycles. The van der Waals surface area contributed by atoms with Crippen LogP contribution >= 0.6 is 0 Å². The van der Waals surface area contributed by atoms with E-state index in [4.69, 9.17) is 28.4 Å². The minimum absolute atomic E-state index is 0.0422. The molecule has 2 N–H and O–H groups in total. The van der Waals surface area contributed by atoms with E-state index in [-0.39, 0.29) is 43.2 Å². The van der Waals surface area contributed by atoms with Crippen molar-refractivity contribution in [1.29, 1.82) is 0 Å². The predicted molar refractivity (Wildman–Crippen MR) is 257 cm³/mol. The van der Waals surface area contributed by atoms with Gasteiger partial charge in [0.25, 0.3) is 0 Å². The number of hydrogen-bond acceptors (Lipinski definition) is 13. The van der Waals surface area contributed by atoms with Gasteiger partial charge in [-0.3, -0.25) is 19.2 Å². The van der Waals surface area contributed by atoms with Gasteiger partial charge in [-0.15, -0.1) is 0 Å². The van der Waals surface area contributed by atoms with Gasteiger partial charge in [0.2, 0.25) is 5.78 Å². The minimum atomic E-state index is -2.05. The van der Waals surface area contributed by atoms with Gasteiger partial charge in [0.1, 0.15) is 6.10 Å². The van der Waals surface area contributed by atoms with Crippen molar-refractivity contribution in [3.63, 3.8) is 0 Å². The number of aliphatic hydroxyl groups excluding tert-OH is 2. The molecule has 5 rings (SSSR count). The predicted octanol–water partition coefficient (Wildman–Crippen LogP) is 8.88. The molecular formula is C54H88FNO12. The smallest absolute Gasteiger partial charge is 0.306 e. The molecule has 0 amide bonds. The average Bonchev–Trinajstić information content (AvgIpc) is 3.71. The summed E-state index contributed by atoms with van der Waals surface area (Å²) in [5, 5.41) is 21.2. The molecule has 0 bridgehead atoms. The number of allylic oxidation sites excluding steroid dienone is 4. The zero-order valence-electron chi connectivity index (χ0n) is 42.6. The van der Waals surface area contributed by atoms with Gasteiger partial charge >= 0.3 is 11.9 Å². The third kappa shape index (κ3) is 13.5. The van der Waals surface area contributed by atoms with Crippen LogP contribution in [-0.2, 0) is 47.6 Å². The van der Waals surface area contributed by atoms with Crippen LogP contribution in [0.15, 0.2) is 23.8 Å². The van der Waals surface area contributed by atoms with Crippen molar-refractivity contribution >= 4 is 23.5 Å². The highest BCUT2D eigenvalue weighted by atomic mass is 19.1. The fourth-order valence-corrected chi connectivity index (χ4v) is 12.4. The zero-order valence-corrected chi connectivity index (χ0v) is 42.6. The van der Waals surface area contributed by atoms with Gasteiger partial charge in [-0.1, -0.05) is 77.4 Å². The quantitative estimate of drug-likeness (QED) is 0.0473. The first kappa shape index (κ1) is 56.3. The maximum atomic E-state index is 17.8. The summed E-state index contributed by atoms with van der Waals surface area (Å²) in [5.74, 6) is -3.30. The van der Waals surface area contributed by atoms with Crippen molar-refractivity contribution in [2.24, 2.45) is 22.7 Å². The van der Waals surface area contributed by atoms with E-state index in [9.17, 15) is 29.4 Å². The third-order valence-corrected chi connectivity index (χ3v) is 15.9. The number of rotatable bonds is 33. The number of aliphatic hydroxyl groups is 2. The number of halogens is 1. The van der Waals surface area contributed by atoms with Crippen molar-refractivity contribution in [2.45, 2.75) is 212 Å². The molecule has 14 heteroatoms. The molecule has 13 nitrogen and oxygen atoms in total. The van der Waals surface area contributed by atoms with Crippen LogP contribution in [0, 0.1) is 22.7 Å². The third-order valence-electron chi connectivity index (χ3n) is 15.9. The Morgan fingerprint density at radius 3 is 2.00 bits per heavy atom. The molecule has 8 atom stereocenters. The molecule has 1 aliphatic heterocycles. The van der Waals surface area contributed by atoms with Gasteiger partial charge in [0.15, 0.2) is 29.4 Å². The second kappa shape index (κ2) is 26.2. The van der Waals surface area contributed by atoms with Crippen LogP contribution in [0.3, 0.4) is 0 Å². The fraction of sp³-hybridized carbons (Fsp3) is 0.852. The summed E-state index contributed by atoms with van der Waals surface area (Å²) in [5.41, 5.74) is -5.03. The summed E-state index contributed by atoms with van der Waals surface area (Å²) in [6.07, 6.45) is 18.4. The van der Waals surface area contributed by atoms with Gasteiger partial charge < -0.3 is 43.5 Å². The number of hydrogen-bond donors (Lipinski definition) is 2. The normalized spacial score (nSPS) is 30.2. The Labute approximate surface area is 407 Å². The van der Waals surface area contributed by atoms with Crippen LogP contribution in [-0.4, -0.2) is 133 Å². The number of ether oxygens (including phenoxy) is 6. The highest BCUT2D eigenvalue weighted by Crippen LogP contribution is 2.72. The Morgan fingerprint density at radius 2 is 1.40 bits per heavy atom. The first-order valence-corrected chi connectivity index (χ1v) is 26.6. The summed E-state index contributed by atoms with van der Waals surface area (Å²) in [4.78, 5) is 54.7. The molecule has 4 aliphatic carbocycles. The van der Waals surface area contributed by atoms with Crippen LogP contribution in [0.2, 0.25) is 0 Å². The molecule has 5 aliphatic rings. The summed E-state index contributed by atoms with van der Waals surface area (Å²) in [6.45, 7) is 15.9. The van der Waals surface area contributed by atoms with Crippen LogP contribution in [0.1, 0.15) is 176 Å². The number of nitrogens with zero attached hydrogens (tertiary/aromatic N) is 1. The van der Waals surface area contributed by atoms with Crippen LogP contribution < -0.4 is 0 Å². The highest BCUT2D eigenvalue weighted by Gasteiger charge is 2.80. The Morgan fingerprint density at radius 1 is 0.824 bits per heavy atom. The SMILES string of the molecule is CCCOCC(COCCC)OC(=O)CCCCCCCCCN(CCCCO)CCCCCCC(=O)OCC(=O)C12OC(C)(C)OC1CC1C3CCC4=CC(=O)C=CC4(C)C3(F)C(O)CC12C. The van der Waals surface area contributed by atoms with Crippen LogP contribution in [0.5, 0.6) is 0 Å². The average molecular weight is 962 g/mol. The first-order chi connectivity index (χ1) is 32.5. The van der Waals surface area contributed by atoms with E-state index in [0.717, 1.165) is 110 Å². The van der Waals surface area contributed by atoms with Gasteiger partial charge in [-0.05, 0) is 136 Å². The van der Waals surface area contributed by atoms with Crippen LogP contribution in [0.4, 0.5) is 4.39 Å². The zero-order chi connectivity index (χ0) is 49.4. The van der Waals surface area contributed by atoms with Crippen molar-refractivity contribution in [2.75, 3.05) is 59.3 Å². The second-order valence-corrected chi connectivity index (χ2v) is 21.4. The van der Waals surface area contributed by atoms with E-state index in [1.54, 1.807) is 26.8 Å². The first-order valence-electron chi connectivity index (χ1n) is 26.6. The van der Waals surface area contributed by atoms with Crippen molar-refractivity contribution in [3.05, 3.63) is 23.8 Å². The molecule has 0 aromatic carbocycles. The molecule has 8 unspecified atom stereocenters. The molecule has 388 valence electrons. The molecule has 68 heavy (non-hydrogen) atoms. The Kier molecular flexibility index (Phi) is 21.7. The molecule has 0 aromatic rings. The second-order valence-electron chi connectivity index (χ2n) is 21.4. The fourth-order valence-electron chi connectivity index (χ4n) is 12.4. The lowest BCUT2D eigenvalue weighted by molar-refractivity contribution is -0.246. The van der Waals surface area contributed by atoms with Gasteiger partial charge in [0, 0.05) is 49.4 Å². The summed E-state index contributed by atoms with van der Waals surface area (Å²) >= 11 is 0. The molecule has 0 radical (unpaired) electrons. The van der Waals surface area contributed by atoms with Gasteiger partial charge in [0.05, 0.1) is 25.4 Å². The summed E-state index contributed by atoms with van der Waals surface area (Å²) < 4.78 is 53.2. The van der Waals surface area contributed by atoms with Crippen LogP contribution in [0.25, 0.3) is 0 Å². The molecular weight excluding hydrogens is 874 g/mol. The van der Waals surface area contributed by atoms with E-state index in [1.807, 2.05) is 20.8 Å². The topological polar surface area (TPSA) is 167 Å². The maximum Gasteiger partial charge on any atom is 0.306 e. The Bertz CT molecular complexity index is 1690. The van der Waals surface area contributed by atoms with Crippen molar-refractivity contribution in [3.8, 4) is 0 Å². The molecule has 0 spiro atoms. The van der Waals surface area contributed by atoms with E-state index in [2.05, 4.69) is 4.90 Å². The monoisotopic (exact) mass is 962 g/mol. The number of alkyl halides is 1. The van der Waals surface area contributed by atoms with E-state index < -0.39 is 64.4 Å². The summed E-state index contributed by atoms with van der Waals surface area (Å²) in [6, 6.07) is 0. The highest BCUT2D eigenvalue weighted by molar-refractivity contribution is 6.01. The molecule has 4 fully saturated rings. The summed E-state index contributed by atoms with van der Waals surface area (Å²) in [7, 11) is 0. The van der Waals surface area contributed by atoms with E-state index >= 15 is 4.39 Å². The molecule has 3 saturated carbocycles. The Hall–Kier alpha value is -2.59. The van der Waals surface area contributed by atoms with E-state index in [1.165, 1.54) is 12.2 Å². The standard InChI is InChI=1S/C54H88FNO12/c1-7-32-63-37-42(38-64-33-8-2)66-49(62)23-17-12-10-9-11-14-18-28-56(30-20-21-31-57)29-19-15-13-16-22-48(61)65-39-46(60)54-47(67-50(3,4)68-54)35-44-43-25-24-40-34-41(58)26-27-51(40,5)53(43,55)45(59)36-52(44,54)6/h26-27,34,42-45,47,57,59H,7-25,28-33,35-39H2,1-6H3. The van der Waals surface area contributed by atoms with Gasteiger partial charge in [-0.2, -0.15) is 0 Å².